The Morgan fingerprint density at radius 1 is 0.647 bits per heavy atom. The smallest absolute Gasteiger partial charge is 0.230 e. The van der Waals surface area contributed by atoms with E-state index in [1.807, 2.05) is 0 Å². The summed E-state index contributed by atoms with van der Waals surface area (Å²) in [6.07, 6.45) is 0. The molecule has 0 atom stereocenters. The molecule has 0 radical (unpaired) electrons. The zero-order valence-electron chi connectivity index (χ0n) is 20.7. The second-order valence-electron chi connectivity index (χ2n) is 9.45. The van der Waals surface area contributed by atoms with Crippen LogP contribution < -0.4 is 14.7 Å². The Morgan fingerprint density at radius 2 is 1.24 bits per heavy atom. The minimum Gasteiger partial charge on any atom is -0.378 e. The molecule has 3 heterocycles. The van der Waals surface area contributed by atoms with E-state index in [1.54, 1.807) is 0 Å². The van der Waals surface area contributed by atoms with E-state index >= 15 is 0 Å². The van der Waals surface area contributed by atoms with Crippen LogP contribution in [0.25, 0.3) is 11.4 Å². The van der Waals surface area contributed by atoms with Gasteiger partial charge in [0.1, 0.15) is 0 Å². The van der Waals surface area contributed by atoms with Crippen molar-refractivity contribution in [2.24, 2.45) is 0 Å². The minimum absolute atomic E-state index is 0.702. The molecule has 0 N–H and O–H groups in total. The third-order valence-electron chi connectivity index (χ3n) is 6.74. The van der Waals surface area contributed by atoms with E-state index in [0.717, 1.165) is 62.6 Å². The topological polar surface area (TPSA) is 57.6 Å². The zero-order chi connectivity index (χ0) is 23.7. The average Bonchev–Trinajstić information content (AvgIpc) is 2.84. The molecule has 2 fully saturated rings. The Bertz CT molecular complexity index is 1140. The Balaban J connectivity index is 1.46. The molecule has 1 aromatic heterocycles. The molecule has 0 amide bonds. The maximum Gasteiger partial charge on any atom is 0.230 e. The lowest BCUT2D eigenvalue weighted by Crippen LogP contribution is -2.47. The zero-order valence-corrected chi connectivity index (χ0v) is 20.7. The normalized spacial score (nSPS) is 16.8. The van der Waals surface area contributed by atoms with Crippen molar-refractivity contribution in [1.82, 2.24) is 15.0 Å². The molecule has 34 heavy (non-hydrogen) atoms. The summed E-state index contributed by atoms with van der Waals surface area (Å²) < 4.78 is 5.57. The number of hydrogen-bond donors (Lipinski definition) is 0. The highest BCUT2D eigenvalue weighted by Gasteiger charge is 2.24. The number of nitrogens with zero attached hydrogens (tertiary/aromatic N) is 6. The number of benzene rings is 2. The Hall–Kier alpha value is -3.19. The van der Waals surface area contributed by atoms with Gasteiger partial charge in [0.2, 0.25) is 11.9 Å². The number of aromatic nitrogens is 3. The molecule has 2 aromatic carbocycles. The van der Waals surface area contributed by atoms with Crippen molar-refractivity contribution in [2.45, 2.75) is 27.7 Å². The highest BCUT2D eigenvalue weighted by Crippen LogP contribution is 2.29. The molecule has 5 rings (SSSR count). The molecule has 2 saturated heterocycles. The molecule has 0 unspecified atom stereocenters. The van der Waals surface area contributed by atoms with Crippen molar-refractivity contribution in [2.75, 3.05) is 67.2 Å². The minimum atomic E-state index is 0.702. The van der Waals surface area contributed by atoms with Crippen LogP contribution in [-0.2, 0) is 4.74 Å². The summed E-state index contributed by atoms with van der Waals surface area (Å²) >= 11 is 0. The van der Waals surface area contributed by atoms with Gasteiger partial charge in [0.05, 0.1) is 13.2 Å². The van der Waals surface area contributed by atoms with E-state index in [-0.39, 0.29) is 0 Å². The van der Waals surface area contributed by atoms with Crippen LogP contribution in [-0.4, -0.2) is 67.4 Å². The Morgan fingerprint density at radius 3 is 1.85 bits per heavy atom. The van der Waals surface area contributed by atoms with Gasteiger partial charge in [-0.3, -0.25) is 0 Å². The lowest BCUT2D eigenvalue weighted by Gasteiger charge is -2.36. The number of anilines is 3. The number of hydrogen-bond acceptors (Lipinski definition) is 7. The second kappa shape index (κ2) is 9.58. The van der Waals surface area contributed by atoms with E-state index in [0.29, 0.717) is 13.2 Å². The number of rotatable bonds is 4. The third-order valence-corrected chi connectivity index (χ3v) is 6.74. The lowest BCUT2D eigenvalue weighted by atomic mass is 9.99. The van der Waals surface area contributed by atoms with Gasteiger partial charge in [-0.25, -0.2) is 0 Å². The summed E-state index contributed by atoms with van der Waals surface area (Å²) in [5.74, 6) is 2.29. The van der Waals surface area contributed by atoms with Gasteiger partial charge in [0, 0.05) is 50.5 Å². The van der Waals surface area contributed by atoms with E-state index < -0.39 is 0 Å². The number of ether oxygens (including phenoxy) is 1. The second-order valence-corrected chi connectivity index (χ2v) is 9.45. The SMILES string of the molecule is Cc1cccc(N2CCN(c3nc(-c4c(C)cc(C)cc4C)nc(N4CCOCC4)n3)CC2)c1. The van der Waals surface area contributed by atoms with Crippen LogP contribution in [0, 0.1) is 27.7 Å². The van der Waals surface area contributed by atoms with Gasteiger partial charge in [-0.05, 0) is 56.5 Å². The van der Waals surface area contributed by atoms with Crippen molar-refractivity contribution < 1.29 is 4.74 Å². The van der Waals surface area contributed by atoms with Crippen LogP contribution in [0.1, 0.15) is 22.3 Å². The Kier molecular flexibility index (Phi) is 6.37. The lowest BCUT2D eigenvalue weighted by molar-refractivity contribution is 0.122. The first kappa shape index (κ1) is 22.6. The molecule has 0 aliphatic carbocycles. The van der Waals surface area contributed by atoms with Crippen molar-refractivity contribution in [3.05, 3.63) is 58.7 Å². The predicted molar refractivity (Wildman–Crippen MR) is 138 cm³/mol. The van der Waals surface area contributed by atoms with Gasteiger partial charge in [0.25, 0.3) is 0 Å². The average molecular weight is 459 g/mol. The number of piperazine rings is 1. The Labute approximate surface area is 202 Å². The fraction of sp³-hybridized carbons (Fsp3) is 0.444. The first-order valence-electron chi connectivity index (χ1n) is 12.2. The van der Waals surface area contributed by atoms with Gasteiger partial charge in [0.15, 0.2) is 5.82 Å². The van der Waals surface area contributed by atoms with Crippen LogP contribution in [0.3, 0.4) is 0 Å². The first-order valence-corrected chi connectivity index (χ1v) is 12.2. The monoisotopic (exact) mass is 458 g/mol. The van der Waals surface area contributed by atoms with E-state index in [2.05, 4.69) is 78.8 Å². The summed E-state index contributed by atoms with van der Waals surface area (Å²) in [4.78, 5) is 21.9. The van der Waals surface area contributed by atoms with E-state index in [1.165, 1.54) is 27.9 Å². The molecule has 0 spiro atoms. The number of morpholine rings is 1. The van der Waals surface area contributed by atoms with Gasteiger partial charge in [-0.1, -0.05) is 29.8 Å². The molecule has 2 aliphatic rings. The van der Waals surface area contributed by atoms with Gasteiger partial charge in [-0.2, -0.15) is 15.0 Å². The summed E-state index contributed by atoms with van der Waals surface area (Å²) in [5, 5.41) is 0. The third kappa shape index (κ3) is 4.71. The fourth-order valence-electron chi connectivity index (χ4n) is 5.03. The maximum absolute atomic E-state index is 5.57. The summed E-state index contributed by atoms with van der Waals surface area (Å²) in [7, 11) is 0. The van der Waals surface area contributed by atoms with Crippen LogP contribution >= 0.6 is 0 Å². The van der Waals surface area contributed by atoms with Crippen molar-refractivity contribution >= 4 is 17.6 Å². The fourth-order valence-corrected chi connectivity index (χ4v) is 5.03. The first-order chi connectivity index (χ1) is 16.5. The van der Waals surface area contributed by atoms with Crippen LogP contribution in [0.4, 0.5) is 17.6 Å². The molecule has 2 aliphatic heterocycles. The molecule has 178 valence electrons. The number of aryl methyl sites for hydroxylation is 4. The van der Waals surface area contributed by atoms with Crippen molar-refractivity contribution in [3.63, 3.8) is 0 Å². The summed E-state index contributed by atoms with van der Waals surface area (Å²) in [5.41, 5.74) is 7.35. The van der Waals surface area contributed by atoms with Crippen molar-refractivity contribution in [3.8, 4) is 11.4 Å². The van der Waals surface area contributed by atoms with Crippen LogP contribution in [0.2, 0.25) is 0 Å². The summed E-state index contributed by atoms with van der Waals surface area (Å²) in [6, 6.07) is 13.2. The molecule has 3 aromatic rings. The van der Waals surface area contributed by atoms with Gasteiger partial charge < -0.3 is 19.4 Å². The molecular weight excluding hydrogens is 424 g/mol. The summed E-state index contributed by atoms with van der Waals surface area (Å²) in [6.45, 7) is 15.2. The van der Waals surface area contributed by atoms with Crippen LogP contribution in [0.15, 0.2) is 36.4 Å². The molecule has 0 saturated carbocycles. The van der Waals surface area contributed by atoms with Crippen molar-refractivity contribution in [1.29, 1.82) is 0 Å². The predicted octanol–water partition coefficient (Wildman–Crippen LogP) is 3.94. The highest BCUT2D eigenvalue weighted by atomic mass is 16.5. The molecule has 0 bridgehead atoms. The van der Waals surface area contributed by atoms with E-state index in [9.17, 15) is 0 Å². The highest BCUT2D eigenvalue weighted by molar-refractivity contribution is 5.67. The quantitative estimate of drug-likeness (QED) is 0.587. The van der Waals surface area contributed by atoms with E-state index in [4.69, 9.17) is 19.7 Å². The molecular formula is C27H34N6O. The van der Waals surface area contributed by atoms with Gasteiger partial charge >= 0.3 is 0 Å². The van der Waals surface area contributed by atoms with Crippen LogP contribution in [0.5, 0.6) is 0 Å². The van der Waals surface area contributed by atoms with Gasteiger partial charge in [-0.15, -0.1) is 0 Å². The molecule has 7 heteroatoms. The standard InChI is InChI=1S/C27H34N6O/c1-19-6-5-7-23(18-19)31-8-10-32(11-9-31)26-28-25(24-21(3)16-20(2)17-22(24)4)29-27(30-26)33-12-14-34-15-13-33/h5-7,16-18H,8-15H2,1-4H3. The molecule has 7 nitrogen and oxygen atoms in total. The largest absolute Gasteiger partial charge is 0.378 e. The maximum atomic E-state index is 5.57.